The molecule has 2 heterocycles. The molecule has 0 saturated carbocycles. The van der Waals surface area contributed by atoms with Gasteiger partial charge in [0, 0.05) is 17.1 Å². The van der Waals surface area contributed by atoms with Crippen LogP contribution in [0.25, 0.3) is 0 Å². The number of rotatable bonds is 6. The van der Waals surface area contributed by atoms with Gasteiger partial charge in [0.1, 0.15) is 9.77 Å². The van der Waals surface area contributed by atoms with Gasteiger partial charge in [-0.1, -0.05) is 0 Å². The molecule has 0 radical (unpaired) electrons. The second-order valence-corrected chi connectivity index (χ2v) is 7.22. The van der Waals surface area contributed by atoms with Crippen molar-refractivity contribution in [3.8, 4) is 6.07 Å². The zero-order valence-corrected chi connectivity index (χ0v) is 13.1. The van der Waals surface area contributed by atoms with Crippen LogP contribution in [0, 0.1) is 18.3 Å². The first-order valence-electron chi connectivity index (χ1n) is 6.10. The molecule has 0 spiro atoms. The topological polar surface area (TPSA) is 125 Å². The van der Waals surface area contributed by atoms with E-state index in [2.05, 4.69) is 9.82 Å². The maximum atomic E-state index is 12.3. The van der Waals surface area contributed by atoms with Crippen molar-refractivity contribution in [2.45, 2.75) is 24.8 Å². The smallest absolute Gasteiger partial charge is 0.345 e. The summed E-state index contributed by atoms with van der Waals surface area (Å²) in [6.45, 7) is 1.90. The first kappa shape index (κ1) is 16.0. The highest BCUT2D eigenvalue weighted by atomic mass is 32.2. The molecule has 22 heavy (non-hydrogen) atoms. The molecule has 116 valence electrons. The van der Waals surface area contributed by atoms with Crippen molar-refractivity contribution in [2.75, 3.05) is 4.72 Å². The molecule has 0 fully saturated rings. The summed E-state index contributed by atoms with van der Waals surface area (Å²) in [5.41, 5.74) is 0. The van der Waals surface area contributed by atoms with E-state index >= 15 is 0 Å². The molecule has 0 unspecified atom stereocenters. The third-order valence-corrected chi connectivity index (χ3v) is 5.35. The van der Waals surface area contributed by atoms with Crippen LogP contribution in [-0.2, 0) is 16.6 Å². The third kappa shape index (κ3) is 3.44. The van der Waals surface area contributed by atoms with Gasteiger partial charge in [0.15, 0.2) is 5.82 Å². The van der Waals surface area contributed by atoms with Gasteiger partial charge in [-0.2, -0.15) is 10.4 Å². The molecule has 8 nitrogen and oxygen atoms in total. The van der Waals surface area contributed by atoms with Gasteiger partial charge in [-0.25, -0.2) is 13.2 Å². The standard InChI is InChI=1S/C12H12N4O4S2/c1-8-10(7-9(21-8)12(17)18)22(19,20)15-11-3-6-16(14-11)5-2-4-13/h3,6-7H,2,5H2,1H3,(H,14,15)(H,17,18). The minimum atomic E-state index is -3.91. The second kappa shape index (κ2) is 6.17. The van der Waals surface area contributed by atoms with Crippen LogP contribution in [-0.4, -0.2) is 29.3 Å². The van der Waals surface area contributed by atoms with Gasteiger partial charge in [-0.3, -0.25) is 9.40 Å². The molecule has 2 aromatic heterocycles. The first-order valence-corrected chi connectivity index (χ1v) is 8.40. The van der Waals surface area contributed by atoms with Crippen molar-refractivity contribution in [3.05, 3.63) is 28.1 Å². The summed E-state index contributed by atoms with van der Waals surface area (Å²) < 4.78 is 28.3. The Bertz CT molecular complexity index is 845. The average Bonchev–Trinajstić information content (AvgIpc) is 3.03. The number of nitrogens with one attached hydrogen (secondary N) is 1. The van der Waals surface area contributed by atoms with E-state index in [0.717, 1.165) is 17.4 Å². The summed E-state index contributed by atoms with van der Waals surface area (Å²) in [5, 5.41) is 21.4. The number of aromatic nitrogens is 2. The van der Waals surface area contributed by atoms with Gasteiger partial charge in [-0.15, -0.1) is 11.3 Å². The number of carboxylic acids is 1. The van der Waals surface area contributed by atoms with E-state index in [9.17, 15) is 13.2 Å². The Balaban J connectivity index is 2.23. The lowest BCUT2D eigenvalue weighted by molar-refractivity contribution is 0.0702. The van der Waals surface area contributed by atoms with Crippen molar-refractivity contribution in [1.82, 2.24) is 9.78 Å². The predicted octanol–water partition coefficient (Wildman–Crippen LogP) is 1.67. The van der Waals surface area contributed by atoms with Gasteiger partial charge in [0.25, 0.3) is 10.0 Å². The van der Waals surface area contributed by atoms with Crippen LogP contribution in [0.3, 0.4) is 0 Å². The summed E-state index contributed by atoms with van der Waals surface area (Å²) in [5.74, 6) is -1.06. The monoisotopic (exact) mass is 340 g/mol. The van der Waals surface area contributed by atoms with E-state index in [0.29, 0.717) is 11.4 Å². The number of thiophene rings is 1. The normalized spacial score (nSPS) is 11.1. The minimum absolute atomic E-state index is 0.0441. The molecular weight excluding hydrogens is 328 g/mol. The van der Waals surface area contributed by atoms with Crippen LogP contribution in [0.1, 0.15) is 21.0 Å². The quantitative estimate of drug-likeness (QED) is 0.824. The van der Waals surface area contributed by atoms with E-state index in [1.807, 2.05) is 6.07 Å². The molecule has 2 aromatic rings. The Hall–Kier alpha value is -2.38. The van der Waals surface area contributed by atoms with Crippen LogP contribution in [0.2, 0.25) is 0 Å². The number of hydrogen-bond acceptors (Lipinski definition) is 6. The lowest BCUT2D eigenvalue weighted by atomic mass is 10.4. The number of aromatic carboxylic acids is 1. The Morgan fingerprint density at radius 3 is 2.91 bits per heavy atom. The maximum Gasteiger partial charge on any atom is 0.345 e. The van der Waals surface area contributed by atoms with E-state index in [1.165, 1.54) is 17.7 Å². The number of carbonyl (C=O) groups is 1. The van der Waals surface area contributed by atoms with Crippen LogP contribution >= 0.6 is 11.3 Å². The van der Waals surface area contributed by atoms with Gasteiger partial charge in [0.05, 0.1) is 19.0 Å². The summed E-state index contributed by atoms with van der Waals surface area (Å²) in [6, 6.07) is 4.56. The van der Waals surface area contributed by atoms with Crippen molar-refractivity contribution < 1.29 is 18.3 Å². The molecule has 0 saturated heterocycles. The molecule has 0 atom stereocenters. The van der Waals surface area contributed by atoms with Crippen molar-refractivity contribution >= 4 is 33.1 Å². The van der Waals surface area contributed by atoms with Crippen LogP contribution in [0.5, 0.6) is 0 Å². The Morgan fingerprint density at radius 1 is 1.59 bits per heavy atom. The third-order valence-electron chi connectivity index (χ3n) is 2.70. The maximum absolute atomic E-state index is 12.3. The Labute approximate surface area is 130 Å². The highest BCUT2D eigenvalue weighted by Crippen LogP contribution is 2.27. The second-order valence-electron chi connectivity index (χ2n) is 4.31. The number of nitrogens with zero attached hydrogens (tertiary/aromatic N) is 3. The Morgan fingerprint density at radius 2 is 2.32 bits per heavy atom. The Kier molecular flexibility index (Phi) is 4.48. The van der Waals surface area contributed by atoms with E-state index in [1.54, 1.807) is 6.20 Å². The van der Waals surface area contributed by atoms with Gasteiger partial charge >= 0.3 is 5.97 Å². The van der Waals surface area contributed by atoms with Gasteiger partial charge in [0.2, 0.25) is 0 Å². The fourth-order valence-electron chi connectivity index (χ4n) is 1.74. The first-order chi connectivity index (χ1) is 10.3. The largest absolute Gasteiger partial charge is 0.477 e. The number of anilines is 1. The summed E-state index contributed by atoms with van der Waals surface area (Å²) >= 11 is 0.896. The zero-order chi connectivity index (χ0) is 16.3. The van der Waals surface area contributed by atoms with Gasteiger partial charge in [-0.05, 0) is 13.0 Å². The average molecular weight is 340 g/mol. The highest BCUT2D eigenvalue weighted by molar-refractivity contribution is 7.93. The fourth-order valence-corrected chi connectivity index (χ4v) is 4.16. The molecule has 0 bridgehead atoms. The molecule has 2 rings (SSSR count). The number of nitriles is 1. The summed E-state index contributed by atoms with van der Waals surface area (Å²) in [7, 11) is -3.91. The molecule has 0 aromatic carbocycles. The van der Waals surface area contributed by atoms with Crippen molar-refractivity contribution in [2.24, 2.45) is 0 Å². The lowest BCUT2D eigenvalue weighted by Gasteiger charge is -2.04. The number of sulfonamides is 1. The van der Waals surface area contributed by atoms with Crippen LogP contribution in [0.15, 0.2) is 23.2 Å². The lowest BCUT2D eigenvalue weighted by Crippen LogP contribution is -2.14. The number of carboxylic acid groups (broad SMARTS) is 1. The van der Waals surface area contributed by atoms with E-state index < -0.39 is 16.0 Å². The van der Waals surface area contributed by atoms with Gasteiger partial charge < -0.3 is 5.11 Å². The van der Waals surface area contributed by atoms with E-state index in [4.69, 9.17) is 10.4 Å². The number of aryl methyl sites for hydroxylation is 2. The zero-order valence-electron chi connectivity index (χ0n) is 11.5. The van der Waals surface area contributed by atoms with Crippen molar-refractivity contribution in [1.29, 1.82) is 5.26 Å². The van der Waals surface area contributed by atoms with E-state index in [-0.39, 0.29) is 22.0 Å². The summed E-state index contributed by atoms with van der Waals surface area (Å²) in [6.07, 6.45) is 1.82. The van der Waals surface area contributed by atoms with Crippen molar-refractivity contribution in [3.63, 3.8) is 0 Å². The SMILES string of the molecule is Cc1sc(C(=O)O)cc1S(=O)(=O)Nc1ccn(CCC#N)n1. The molecule has 0 amide bonds. The molecule has 10 heteroatoms. The minimum Gasteiger partial charge on any atom is -0.477 e. The van der Waals surface area contributed by atoms with Crippen LogP contribution in [0.4, 0.5) is 5.82 Å². The molecule has 0 aliphatic rings. The molecule has 0 aliphatic heterocycles. The molecule has 0 aliphatic carbocycles. The molecule has 2 N–H and O–H groups in total. The molecular formula is C12H12N4O4S2. The fraction of sp³-hybridized carbons (Fsp3) is 0.250. The number of hydrogen-bond donors (Lipinski definition) is 2. The van der Waals surface area contributed by atoms with Crippen LogP contribution < -0.4 is 4.72 Å². The summed E-state index contributed by atoms with van der Waals surface area (Å²) in [4.78, 5) is 11.2. The predicted molar refractivity (Wildman–Crippen MR) is 79.3 cm³/mol. The highest BCUT2D eigenvalue weighted by Gasteiger charge is 2.23.